The maximum absolute atomic E-state index is 12.8. The molecule has 34 heavy (non-hydrogen) atoms. The Bertz CT molecular complexity index is 1540. The summed E-state index contributed by atoms with van der Waals surface area (Å²) in [6, 6.07) is 15.5. The summed E-state index contributed by atoms with van der Waals surface area (Å²) in [5, 5.41) is 18.0. The number of nitrogens with zero attached hydrogens (tertiary/aromatic N) is 2. The SMILES string of the molecule is CC(C(=O)Nc1ccc(-c2cc(=O)[nH][nH]2)cc1)n1cc(Cl)c(-c2cc(Cl)ccc2C#N)cc1=O. The predicted octanol–water partition coefficient (Wildman–Crippen LogP) is 4.58. The van der Waals surface area contributed by atoms with Crippen molar-refractivity contribution in [1.29, 1.82) is 5.26 Å². The number of anilines is 1. The normalized spacial score (nSPS) is 11.6. The van der Waals surface area contributed by atoms with E-state index in [4.69, 9.17) is 23.2 Å². The summed E-state index contributed by atoms with van der Waals surface area (Å²) in [5.74, 6) is -0.422. The van der Waals surface area contributed by atoms with Gasteiger partial charge in [-0.2, -0.15) is 5.26 Å². The van der Waals surface area contributed by atoms with Crippen LogP contribution in [0.15, 0.2) is 70.4 Å². The third-order valence-corrected chi connectivity index (χ3v) is 5.82. The van der Waals surface area contributed by atoms with Crippen LogP contribution in [0.25, 0.3) is 22.4 Å². The number of nitriles is 1. The fourth-order valence-corrected chi connectivity index (χ4v) is 3.90. The third-order valence-electron chi connectivity index (χ3n) is 5.28. The molecule has 0 radical (unpaired) electrons. The highest BCUT2D eigenvalue weighted by atomic mass is 35.5. The van der Waals surface area contributed by atoms with E-state index in [0.29, 0.717) is 33.1 Å². The van der Waals surface area contributed by atoms with Crippen molar-refractivity contribution in [2.45, 2.75) is 13.0 Å². The van der Waals surface area contributed by atoms with Gasteiger partial charge < -0.3 is 9.88 Å². The van der Waals surface area contributed by atoms with Crippen molar-refractivity contribution in [3.8, 4) is 28.5 Å². The molecule has 0 fully saturated rings. The van der Waals surface area contributed by atoms with Gasteiger partial charge in [0.25, 0.3) is 11.1 Å². The van der Waals surface area contributed by atoms with Crippen LogP contribution in [0.5, 0.6) is 0 Å². The first-order valence-electron chi connectivity index (χ1n) is 10.1. The summed E-state index contributed by atoms with van der Waals surface area (Å²) in [4.78, 5) is 36.9. The van der Waals surface area contributed by atoms with Crippen molar-refractivity contribution in [3.05, 3.63) is 97.1 Å². The smallest absolute Gasteiger partial charge is 0.264 e. The van der Waals surface area contributed by atoms with Crippen LogP contribution < -0.4 is 16.4 Å². The van der Waals surface area contributed by atoms with Crippen LogP contribution in [-0.4, -0.2) is 20.7 Å². The summed E-state index contributed by atoms with van der Waals surface area (Å²) in [6.45, 7) is 1.58. The molecule has 4 rings (SSSR count). The molecule has 0 bridgehead atoms. The minimum absolute atomic E-state index is 0.197. The first-order valence-corrected chi connectivity index (χ1v) is 10.8. The highest BCUT2D eigenvalue weighted by Crippen LogP contribution is 2.31. The lowest BCUT2D eigenvalue weighted by Crippen LogP contribution is -2.31. The van der Waals surface area contributed by atoms with Gasteiger partial charge in [-0.25, -0.2) is 0 Å². The number of benzene rings is 2. The van der Waals surface area contributed by atoms with Crippen LogP contribution in [0.4, 0.5) is 5.69 Å². The molecular formula is C24H17Cl2N5O3. The van der Waals surface area contributed by atoms with E-state index in [1.807, 2.05) is 0 Å². The van der Waals surface area contributed by atoms with Crippen molar-refractivity contribution in [2.75, 3.05) is 5.32 Å². The Kier molecular flexibility index (Phi) is 6.41. The molecule has 10 heteroatoms. The largest absolute Gasteiger partial charge is 0.324 e. The average Bonchev–Trinajstić information content (AvgIpc) is 3.26. The second-order valence-electron chi connectivity index (χ2n) is 7.50. The molecule has 0 spiro atoms. The average molecular weight is 494 g/mol. The van der Waals surface area contributed by atoms with E-state index in [1.165, 1.54) is 22.9 Å². The number of pyridine rings is 1. The molecule has 1 unspecified atom stereocenters. The molecule has 0 aliphatic heterocycles. The van der Waals surface area contributed by atoms with Gasteiger partial charge in [-0.3, -0.25) is 24.6 Å². The van der Waals surface area contributed by atoms with E-state index in [2.05, 4.69) is 21.6 Å². The fraction of sp³-hybridized carbons (Fsp3) is 0.0833. The van der Waals surface area contributed by atoms with E-state index in [-0.39, 0.29) is 10.6 Å². The molecular weight excluding hydrogens is 477 g/mol. The molecule has 1 atom stereocenters. The van der Waals surface area contributed by atoms with E-state index in [0.717, 1.165) is 5.56 Å². The Morgan fingerprint density at radius 1 is 1.03 bits per heavy atom. The van der Waals surface area contributed by atoms with Gasteiger partial charge in [0, 0.05) is 40.2 Å². The molecule has 2 aromatic heterocycles. The number of hydrogen-bond acceptors (Lipinski definition) is 4. The molecule has 170 valence electrons. The zero-order valence-electron chi connectivity index (χ0n) is 17.7. The molecule has 3 N–H and O–H groups in total. The van der Waals surface area contributed by atoms with Crippen molar-refractivity contribution >= 4 is 34.8 Å². The minimum atomic E-state index is -0.866. The molecule has 4 aromatic rings. The van der Waals surface area contributed by atoms with Crippen LogP contribution in [0.1, 0.15) is 18.5 Å². The summed E-state index contributed by atoms with van der Waals surface area (Å²) < 4.78 is 1.22. The van der Waals surface area contributed by atoms with Crippen LogP contribution in [0.2, 0.25) is 10.0 Å². The highest BCUT2D eigenvalue weighted by molar-refractivity contribution is 6.33. The number of aromatic amines is 2. The quantitative estimate of drug-likeness (QED) is 0.376. The summed E-state index contributed by atoms with van der Waals surface area (Å²) in [6.07, 6.45) is 1.37. The molecule has 0 saturated carbocycles. The lowest BCUT2D eigenvalue weighted by Gasteiger charge is -2.17. The van der Waals surface area contributed by atoms with Gasteiger partial charge in [-0.15, -0.1) is 0 Å². The van der Waals surface area contributed by atoms with Crippen molar-refractivity contribution in [1.82, 2.24) is 14.8 Å². The zero-order chi connectivity index (χ0) is 24.4. The number of amides is 1. The number of nitrogens with one attached hydrogen (secondary N) is 3. The third kappa shape index (κ3) is 4.66. The number of rotatable bonds is 5. The van der Waals surface area contributed by atoms with E-state index in [1.54, 1.807) is 49.4 Å². The van der Waals surface area contributed by atoms with Gasteiger partial charge in [0.1, 0.15) is 6.04 Å². The first-order chi connectivity index (χ1) is 16.3. The molecule has 0 aliphatic rings. The monoisotopic (exact) mass is 493 g/mol. The number of aromatic nitrogens is 3. The Labute approximate surface area is 203 Å². The number of carbonyl (C=O) groups excluding carboxylic acids is 1. The van der Waals surface area contributed by atoms with Crippen LogP contribution >= 0.6 is 23.2 Å². The van der Waals surface area contributed by atoms with E-state index < -0.39 is 17.5 Å². The van der Waals surface area contributed by atoms with Gasteiger partial charge in [0.2, 0.25) is 5.91 Å². The lowest BCUT2D eigenvalue weighted by atomic mass is 10.0. The summed E-state index contributed by atoms with van der Waals surface area (Å²) in [5.41, 5.74) is 2.32. The maximum atomic E-state index is 12.8. The topological polar surface area (TPSA) is 124 Å². The van der Waals surface area contributed by atoms with Crippen LogP contribution in [-0.2, 0) is 4.79 Å². The minimum Gasteiger partial charge on any atom is -0.324 e. The van der Waals surface area contributed by atoms with Crippen molar-refractivity contribution < 1.29 is 4.79 Å². The molecule has 8 nitrogen and oxygen atoms in total. The summed E-state index contributed by atoms with van der Waals surface area (Å²) in [7, 11) is 0. The highest BCUT2D eigenvalue weighted by Gasteiger charge is 2.19. The molecule has 0 saturated heterocycles. The lowest BCUT2D eigenvalue weighted by molar-refractivity contribution is -0.118. The maximum Gasteiger partial charge on any atom is 0.264 e. The first kappa shape index (κ1) is 23.1. The van der Waals surface area contributed by atoms with Crippen LogP contribution in [0, 0.1) is 11.3 Å². The van der Waals surface area contributed by atoms with E-state index in [9.17, 15) is 19.6 Å². The van der Waals surface area contributed by atoms with Gasteiger partial charge in [0.15, 0.2) is 0 Å². The number of carbonyl (C=O) groups is 1. The second-order valence-corrected chi connectivity index (χ2v) is 8.34. The number of hydrogen-bond donors (Lipinski definition) is 3. The zero-order valence-corrected chi connectivity index (χ0v) is 19.2. The summed E-state index contributed by atoms with van der Waals surface area (Å²) >= 11 is 12.5. The van der Waals surface area contributed by atoms with E-state index >= 15 is 0 Å². The Morgan fingerprint density at radius 3 is 2.41 bits per heavy atom. The van der Waals surface area contributed by atoms with Crippen molar-refractivity contribution in [3.63, 3.8) is 0 Å². The van der Waals surface area contributed by atoms with Gasteiger partial charge in [-0.1, -0.05) is 35.3 Å². The second kappa shape index (κ2) is 9.43. The Balaban J connectivity index is 1.57. The number of H-pyrrole nitrogens is 2. The van der Waals surface area contributed by atoms with Gasteiger partial charge >= 0.3 is 0 Å². The predicted molar refractivity (Wildman–Crippen MR) is 131 cm³/mol. The molecule has 1 amide bonds. The standard InChI is InChI=1S/C24H17Cl2N5O3/c1-13(24(34)28-17-6-3-14(4-7-17)21-10-22(32)30-29-21)31-12-20(26)19(9-23(31)33)18-8-16(25)5-2-15(18)11-27/h2-10,12-13H,1H3,(H,28,34)(H2,29,30,32). The molecule has 0 aliphatic carbocycles. The Hall–Kier alpha value is -4.06. The van der Waals surface area contributed by atoms with Crippen LogP contribution in [0.3, 0.4) is 0 Å². The van der Waals surface area contributed by atoms with Crippen molar-refractivity contribution in [2.24, 2.45) is 0 Å². The van der Waals surface area contributed by atoms with Gasteiger partial charge in [0.05, 0.1) is 22.3 Å². The number of halogens is 2. The molecule has 2 aromatic carbocycles. The fourth-order valence-electron chi connectivity index (χ4n) is 3.46. The Morgan fingerprint density at radius 2 is 1.76 bits per heavy atom. The van der Waals surface area contributed by atoms with Gasteiger partial charge in [-0.05, 0) is 42.8 Å². The molecule has 2 heterocycles.